The van der Waals surface area contributed by atoms with Crippen LogP contribution in [0, 0.1) is 5.92 Å². The third-order valence-electron chi connectivity index (χ3n) is 3.40. The van der Waals surface area contributed by atoms with Gasteiger partial charge in [-0.15, -0.1) is 0 Å². The second kappa shape index (κ2) is 7.30. The zero-order valence-electron chi connectivity index (χ0n) is 13.3. The topological polar surface area (TPSA) is 12.0 Å². The van der Waals surface area contributed by atoms with E-state index in [1.165, 1.54) is 12.1 Å². The van der Waals surface area contributed by atoms with Gasteiger partial charge in [0.2, 0.25) is 0 Å². The van der Waals surface area contributed by atoms with Gasteiger partial charge < -0.3 is 5.32 Å². The summed E-state index contributed by atoms with van der Waals surface area (Å²) in [4.78, 5) is 0. The molecule has 0 aromatic heterocycles. The first-order valence-electron chi connectivity index (χ1n) is 7.53. The van der Waals surface area contributed by atoms with Crippen LogP contribution in [0.15, 0.2) is 24.3 Å². The van der Waals surface area contributed by atoms with Crippen LogP contribution in [0.5, 0.6) is 0 Å². The van der Waals surface area contributed by atoms with Gasteiger partial charge in [0.25, 0.3) is 0 Å². The SMILES string of the molecule is CCCC(CNC(C)(C)C)Cc1cccc(C(F)(F)F)c1. The first-order chi connectivity index (χ1) is 9.62. The summed E-state index contributed by atoms with van der Waals surface area (Å²) in [6.45, 7) is 9.23. The molecule has 1 unspecified atom stereocenters. The molecule has 4 heteroatoms. The Morgan fingerprint density at radius 3 is 2.33 bits per heavy atom. The Bertz CT molecular complexity index is 432. The highest BCUT2D eigenvalue weighted by molar-refractivity contribution is 5.26. The van der Waals surface area contributed by atoms with Crippen molar-refractivity contribution in [3.05, 3.63) is 35.4 Å². The number of benzene rings is 1. The standard InChI is InChI=1S/C17H26F3N/c1-5-7-14(12-21-16(2,3)4)10-13-8-6-9-15(11-13)17(18,19)20/h6,8-9,11,14,21H,5,7,10,12H2,1-4H3. The Morgan fingerprint density at radius 1 is 1.14 bits per heavy atom. The Kier molecular flexibility index (Phi) is 6.26. The molecule has 0 saturated heterocycles. The van der Waals surface area contributed by atoms with Gasteiger partial charge in [0.1, 0.15) is 0 Å². The summed E-state index contributed by atoms with van der Waals surface area (Å²) in [6, 6.07) is 5.69. The van der Waals surface area contributed by atoms with Crippen LogP contribution in [-0.2, 0) is 12.6 Å². The van der Waals surface area contributed by atoms with Crippen molar-refractivity contribution in [2.75, 3.05) is 6.54 Å². The molecule has 0 heterocycles. The first kappa shape index (κ1) is 18.0. The van der Waals surface area contributed by atoms with Crippen LogP contribution < -0.4 is 5.32 Å². The number of hydrogen-bond acceptors (Lipinski definition) is 1. The van der Waals surface area contributed by atoms with Crippen LogP contribution in [0.25, 0.3) is 0 Å². The van der Waals surface area contributed by atoms with E-state index in [0.717, 1.165) is 31.0 Å². The lowest BCUT2D eigenvalue weighted by Gasteiger charge is -2.25. The van der Waals surface area contributed by atoms with E-state index in [-0.39, 0.29) is 5.54 Å². The third kappa shape index (κ3) is 6.98. The Hall–Kier alpha value is -1.03. The van der Waals surface area contributed by atoms with Gasteiger partial charge in [-0.05, 0) is 57.7 Å². The van der Waals surface area contributed by atoms with Crippen molar-refractivity contribution in [1.82, 2.24) is 5.32 Å². The fraction of sp³-hybridized carbons (Fsp3) is 0.647. The molecular formula is C17H26F3N. The lowest BCUT2D eigenvalue weighted by Crippen LogP contribution is -2.39. The maximum absolute atomic E-state index is 12.7. The highest BCUT2D eigenvalue weighted by atomic mass is 19.4. The molecule has 0 saturated carbocycles. The fourth-order valence-corrected chi connectivity index (χ4v) is 2.34. The van der Waals surface area contributed by atoms with Gasteiger partial charge in [-0.1, -0.05) is 31.5 Å². The molecule has 1 aromatic rings. The molecule has 0 bridgehead atoms. The van der Waals surface area contributed by atoms with Crippen LogP contribution in [0.2, 0.25) is 0 Å². The van der Waals surface area contributed by atoms with Gasteiger partial charge >= 0.3 is 6.18 Å². The van der Waals surface area contributed by atoms with Crippen molar-refractivity contribution in [2.24, 2.45) is 5.92 Å². The summed E-state index contributed by atoms with van der Waals surface area (Å²) in [5.41, 5.74) is 0.234. The van der Waals surface area contributed by atoms with Crippen molar-refractivity contribution in [3.8, 4) is 0 Å². The molecule has 1 atom stereocenters. The number of halogens is 3. The van der Waals surface area contributed by atoms with Crippen LogP contribution >= 0.6 is 0 Å². The molecule has 0 amide bonds. The van der Waals surface area contributed by atoms with Crippen LogP contribution in [0.1, 0.15) is 51.7 Å². The van der Waals surface area contributed by atoms with Crippen LogP contribution in [-0.4, -0.2) is 12.1 Å². The minimum Gasteiger partial charge on any atom is -0.312 e. The van der Waals surface area contributed by atoms with E-state index in [1.54, 1.807) is 6.07 Å². The molecule has 0 aliphatic carbocycles. The number of rotatable bonds is 6. The summed E-state index contributed by atoms with van der Waals surface area (Å²) in [5, 5.41) is 3.45. The highest BCUT2D eigenvalue weighted by Crippen LogP contribution is 2.30. The Labute approximate surface area is 125 Å². The zero-order valence-corrected chi connectivity index (χ0v) is 13.3. The third-order valence-corrected chi connectivity index (χ3v) is 3.40. The van der Waals surface area contributed by atoms with E-state index >= 15 is 0 Å². The van der Waals surface area contributed by atoms with Crippen molar-refractivity contribution in [2.45, 2.75) is 58.7 Å². The average Bonchev–Trinajstić information content (AvgIpc) is 2.35. The summed E-state index contributed by atoms with van der Waals surface area (Å²) in [6.07, 6.45) is -1.53. The Morgan fingerprint density at radius 2 is 1.81 bits per heavy atom. The van der Waals surface area contributed by atoms with Crippen molar-refractivity contribution < 1.29 is 13.2 Å². The van der Waals surface area contributed by atoms with E-state index in [0.29, 0.717) is 12.3 Å². The lowest BCUT2D eigenvalue weighted by molar-refractivity contribution is -0.137. The first-order valence-corrected chi connectivity index (χ1v) is 7.53. The summed E-state index contributed by atoms with van der Waals surface area (Å²) >= 11 is 0. The quantitative estimate of drug-likeness (QED) is 0.775. The second-order valence-corrected chi connectivity index (χ2v) is 6.69. The van der Waals surface area contributed by atoms with Gasteiger partial charge in [0, 0.05) is 5.54 Å². The lowest BCUT2D eigenvalue weighted by atomic mass is 9.93. The minimum absolute atomic E-state index is 0.0276. The van der Waals surface area contributed by atoms with E-state index < -0.39 is 11.7 Å². The molecule has 0 aliphatic heterocycles. The van der Waals surface area contributed by atoms with E-state index in [9.17, 15) is 13.2 Å². The predicted molar refractivity (Wildman–Crippen MR) is 81.3 cm³/mol. The molecule has 0 radical (unpaired) electrons. The smallest absolute Gasteiger partial charge is 0.312 e. The number of hydrogen-bond donors (Lipinski definition) is 1. The average molecular weight is 301 g/mol. The van der Waals surface area contributed by atoms with Gasteiger partial charge in [0.15, 0.2) is 0 Å². The van der Waals surface area contributed by atoms with E-state index in [2.05, 4.69) is 33.0 Å². The monoisotopic (exact) mass is 301 g/mol. The maximum Gasteiger partial charge on any atom is 0.416 e. The molecule has 21 heavy (non-hydrogen) atoms. The highest BCUT2D eigenvalue weighted by Gasteiger charge is 2.30. The maximum atomic E-state index is 12.7. The van der Waals surface area contributed by atoms with E-state index in [1.807, 2.05) is 0 Å². The number of alkyl halides is 3. The summed E-state index contributed by atoms with van der Waals surface area (Å²) < 4.78 is 38.2. The zero-order chi connectivity index (χ0) is 16.1. The molecule has 1 N–H and O–H groups in total. The molecule has 0 fully saturated rings. The largest absolute Gasteiger partial charge is 0.416 e. The van der Waals surface area contributed by atoms with Crippen molar-refractivity contribution in [3.63, 3.8) is 0 Å². The predicted octanol–water partition coefficient (Wildman–Crippen LogP) is 5.05. The normalized spacial score (nSPS) is 14.2. The van der Waals surface area contributed by atoms with Gasteiger partial charge in [-0.3, -0.25) is 0 Å². The molecule has 0 spiro atoms. The summed E-state index contributed by atoms with van der Waals surface area (Å²) in [7, 11) is 0. The molecule has 1 aromatic carbocycles. The minimum atomic E-state index is -4.26. The molecule has 1 rings (SSSR count). The van der Waals surface area contributed by atoms with Gasteiger partial charge in [-0.25, -0.2) is 0 Å². The van der Waals surface area contributed by atoms with Gasteiger partial charge in [-0.2, -0.15) is 13.2 Å². The van der Waals surface area contributed by atoms with Crippen molar-refractivity contribution >= 4 is 0 Å². The molecular weight excluding hydrogens is 275 g/mol. The Balaban J connectivity index is 2.75. The molecule has 120 valence electrons. The van der Waals surface area contributed by atoms with Crippen LogP contribution in [0.4, 0.5) is 13.2 Å². The second-order valence-electron chi connectivity index (χ2n) is 6.69. The van der Waals surface area contributed by atoms with Gasteiger partial charge in [0.05, 0.1) is 5.56 Å². The fourth-order valence-electron chi connectivity index (χ4n) is 2.34. The number of nitrogens with one attached hydrogen (secondary N) is 1. The van der Waals surface area contributed by atoms with Crippen molar-refractivity contribution in [1.29, 1.82) is 0 Å². The van der Waals surface area contributed by atoms with E-state index in [4.69, 9.17) is 0 Å². The van der Waals surface area contributed by atoms with Crippen LogP contribution in [0.3, 0.4) is 0 Å². The summed E-state index contributed by atoms with van der Waals surface area (Å²) in [5.74, 6) is 0.359. The molecule has 1 nitrogen and oxygen atoms in total. The molecule has 0 aliphatic rings.